The van der Waals surface area contributed by atoms with Crippen LogP contribution in [0.3, 0.4) is 0 Å². The molecule has 1 fully saturated rings. The van der Waals surface area contributed by atoms with Crippen molar-refractivity contribution in [2.24, 2.45) is 5.73 Å². The molecule has 1 aliphatic heterocycles. The van der Waals surface area contributed by atoms with Gasteiger partial charge >= 0.3 is 0 Å². The van der Waals surface area contributed by atoms with Crippen LogP contribution in [0.2, 0.25) is 0 Å². The van der Waals surface area contributed by atoms with Crippen molar-refractivity contribution in [2.75, 3.05) is 18.0 Å². The van der Waals surface area contributed by atoms with Gasteiger partial charge in [0.15, 0.2) is 0 Å². The van der Waals surface area contributed by atoms with E-state index in [-0.39, 0.29) is 19.5 Å². The van der Waals surface area contributed by atoms with E-state index in [1.807, 2.05) is 0 Å². The Morgan fingerprint density at radius 3 is 2.62 bits per heavy atom. The molecule has 0 spiro atoms. The molecule has 86 valence electrons. The van der Waals surface area contributed by atoms with Gasteiger partial charge in [-0.2, -0.15) is 0 Å². The molecule has 1 saturated heterocycles. The Morgan fingerprint density at radius 1 is 1.38 bits per heavy atom. The van der Waals surface area contributed by atoms with Crippen LogP contribution >= 0.6 is 0 Å². The Balaban J connectivity index is 2.31. The average molecular weight is 226 g/mol. The van der Waals surface area contributed by atoms with Crippen LogP contribution in [-0.4, -0.2) is 24.9 Å². The van der Waals surface area contributed by atoms with Crippen LogP contribution < -0.4 is 10.6 Å². The van der Waals surface area contributed by atoms with Gasteiger partial charge in [-0.15, -0.1) is 0 Å². The van der Waals surface area contributed by atoms with E-state index < -0.39 is 11.8 Å². The molecule has 16 heavy (non-hydrogen) atoms. The molecule has 0 aliphatic carbocycles. The number of amides is 1. The number of primary amides is 1. The normalized spacial score (nSPS) is 18.8. The first-order valence-corrected chi connectivity index (χ1v) is 5.01. The molecule has 0 aromatic heterocycles. The summed E-state index contributed by atoms with van der Waals surface area (Å²) in [5, 5.41) is 0. The number of nitrogens with zero attached hydrogens (tertiary/aromatic N) is 1. The van der Waals surface area contributed by atoms with Crippen LogP contribution in [0, 0.1) is 0 Å². The van der Waals surface area contributed by atoms with E-state index in [4.69, 9.17) is 5.73 Å². The number of rotatable bonds is 2. The Morgan fingerprint density at radius 2 is 2.06 bits per heavy atom. The molecule has 1 aromatic rings. The summed E-state index contributed by atoms with van der Waals surface area (Å²) in [6.07, 6.45) is -0.180. The number of nitrogens with two attached hydrogens (primary N) is 1. The predicted molar refractivity (Wildman–Crippen MR) is 56.7 cm³/mol. The van der Waals surface area contributed by atoms with Crippen molar-refractivity contribution in [3.63, 3.8) is 0 Å². The van der Waals surface area contributed by atoms with Crippen LogP contribution in [0.15, 0.2) is 24.3 Å². The van der Waals surface area contributed by atoms with E-state index in [9.17, 15) is 13.6 Å². The lowest BCUT2D eigenvalue weighted by atomic mass is 10.1. The second-order valence-electron chi connectivity index (χ2n) is 3.91. The van der Waals surface area contributed by atoms with Gasteiger partial charge in [0.1, 0.15) is 0 Å². The summed E-state index contributed by atoms with van der Waals surface area (Å²) in [6, 6.07) is 6.56. The van der Waals surface area contributed by atoms with Crippen molar-refractivity contribution in [1.29, 1.82) is 0 Å². The number of alkyl halides is 2. The third-order valence-corrected chi connectivity index (χ3v) is 2.68. The minimum Gasteiger partial charge on any atom is -0.366 e. The van der Waals surface area contributed by atoms with Crippen molar-refractivity contribution in [2.45, 2.75) is 12.3 Å². The number of para-hydroxylation sites is 1. The molecule has 0 radical (unpaired) electrons. The molecule has 0 saturated carbocycles. The maximum absolute atomic E-state index is 13.1. The maximum Gasteiger partial charge on any atom is 0.266 e. The summed E-state index contributed by atoms with van der Waals surface area (Å²) in [5.41, 5.74) is 5.98. The minimum atomic E-state index is -2.68. The summed E-state index contributed by atoms with van der Waals surface area (Å²) in [4.78, 5) is 12.6. The zero-order valence-electron chi connectivity index (χ0n) is 8.62. The van der Waals surface area contributed by atoms with Gasteiger partial charge in [0, 0.05) is 18.7 Å². The van der Waals surface area contributed by atoms with Gasteiger partial charge in [-0.1, -0.05) is 12.1 Å². The van der Waals surface area contributed by atoms with E-state index in [1.54, 1.807) is 24.3 Å². The van der Waals surface area contributed by atoms with Gasteiger partial charge in [-0.05, 0) is 12.1 Å². The molecule has 2 N–H and O–H groups in total. The summed E-state index contributed by atoms with van der Waals surface area (Å²) in [7, 11) is 0. The monoisotopic (exact) mass is 226 g/mol. The number of carbonyl (C=O) groups is 1. The van der Waals surface area contributed by atoms with Crippen LogP contribution in [0.25, 0.3) is 0 Å². The average Bonchev–Trinajstić information content (AvgIpc) is 2.59. The zero-order chi connectivity index (χ0) is 11.8. The molecule has 0 bridgehead atoms. The number of benzene rings is 1. The Hall–Kier alpha value is -1.65. The molecule has 1 amide bonds. The SMILES string of the molecule is NC(=O)c1ccccc1N1CCC(F)(F)C1. The molecule has 5 heteroatoms. The van der Waals surface area contributed by atoms with Gasteiger partial charge in [0.05, 0.1) is 12.1 Å². The lowest BCUT2D eigenvalue weighted by Gasteiger charge is -2.20. The summed E-state index contributed by atoms with van der Waals surface area (Å²) < 4.78 is 26.1. The molecule has 1 aromatic carbocycles. The molecular weight excluding hydrogens is 214 g/mol. The van der Waals surface area contributed by atoms with Crippen molar-refractivity contribution < 1.29 is 13.6 Å². The van der Waals surface area contributed by atoms with E-state index in [1.165, 1.54) is 4.90 Å². The topological polar surface area (TPSA) is 46.3 Å². The molecule has 1 aliphatic rings. The first-order valence-electron chi connectivity index (χ1n) is 5.01. The molecular formula is C11H12F2N2O. The third-order valence-electron chi connectivity index (χ3n) is 2.68. The van der Waals surface area contributed by atoms with Crippen molar-refractivity contribution >= 4 is 11.6 Å². The molecule has 0 atom stereocenters. The number of halogens is 2. The highest BCUT2D eigenvalue weighted by atomic mass is 19.3. The third kappa shape index (κ3) is 1.98. The highest BCUT2D eigenvalue weighted by Crippen LogP contribution is 2.32. The minimum absolute atomic E-state index is 0.180. The lowest BCUT2D eigenvalue weighted by Crippen LogP contribution is -2.27. The Kier molecular flexibility index (Phi) is 2.53. The highest BCUT2D eigenvalue weighted by Gasteiger charge is 2.39. The van der Waals surface area contributed by atoms with Gasteiger partial charge in [-0.3, -0.25) is 4.79 Å². The Bertz CT molecular complexity index is 420. The summed E-state index contributed by atoms with van der Waals surface area (Å²) in [5.74, 6) is -3.27. The van der Waals surface area contributed by atoms with Gasteiger partial charge in [-0.25, -0.2) is 8.78 Å². The second kappa shape index (κ2) is 3.73. The largest absolute Gasteiger partial charge is 0.366 e. The van der Waals surface area contributed by atoms with Crippen LogP contribution in [0.5, 0.6) is 0 Å². The fourth-order valence-corrected chi connectivity index (χ4v) is 1.90. The zero-order valence-corrected chi connectivity index (χ0v) is 8.62. The van der Waals surface area contributed by atoms with E-state index >= 15 is 0 Å². The van der Waals surface area contributed by atoms with E-state index in [2.05, 4.69) is 0 Å². The number of carbonyl (C=O) groups excluding carboxylic acids is 1. The van der Waals surface area contributed by atoms with Crippen LogP contribution in [0.4, 0.5) is 14.5 Å². The van der Waals surface area contributed by atoms with E-state index in [0.29, 0.717) is 11.3 Å². The quantitative estimate of drug-likeness (QED) is 0.833. The number of hydrogen-bond donors (Lipinski definition) is 1. The lowest BCUT2D eigenvalue weighted by molar-refractivity contribution is 0.0257. The second-order valence-corrected chi connectivity index (χ2v) is 3.91. The van der Waals surface area contributed by atoms with Crippen LogP contribution in [0.1, 0.15) is 16.8 Å². The van der Waals surface area contributed by atoms with E-state index in [0.717, 1.165) is 0 Å². The van der Waals surface area contributed by atoms with Crippen molar-refractivity contribution in [1.82, 2.24) is 0 Å². The molecule has 3 nitrogen and oxygen atoms in total. The predicted octanol–water partition coefficient (Wildman–Crippen LogP) is 1.63. The summed E-state index contributed by atoms with van der Waals surface area (Å²) >= 11 is 0. The molecule has 2 rings (SSSR count). The maximum atomic E-state index is 13.1. The fourth-order valence-electron chi connectivity index (χ4n) is 1.90. The molecule has 0 unspecified atom stereocenters. The smallest absolute Gasteiger partial charge is 0.266 e. The first-order chi connectivity index (χ1) is 7.49. The Labute approximate surface area is 91.8 Å². The van der Waals surface area contributed by atoms with Gasteiger partial charge in [0.2, 0.25) is 0 Å². The highest BCUT2D eigenvalue weighted by molar-refractivity contribution is 5.98. The number of hydrogen-bond acceptors (Lipinski definition) is 2. The molecule has 1 heterocycles. The standard InChI is InChI=1S/C11H12F2N2O/c12-11(13)5-6-15(7-11)9-4-2-1-3-8(9)10(14)16/h1-4H,5-7H2,(H2,14,16). The van der Waals surface area contributed by atoms with Gasteiger partial charge < -0.3 is 10.6 Å². The number of anilines is 1. The fraction of sp³-hybridized carbons (Fsp3) is 0.364. The first kappa shape index (κ1) is 10.9. The van der Waals surface area contributed by atoms with Crippen molar-refractivity contribution in [3.05, 3.63) is 29.8 Å². The summed E-state index contributed by atoms with van der Waals surface area (Å²) in [6.45, 7) is -0.103. The van der Waals surface area contributed by atoms with Crippen LogP contribution in [-0.2, 0) is 0 Å². The van der Waals surface area contributed by atoms with Crippen molar-refractivity contribution in [3.8, 4) is 0 Å². The van der Waals surface area contributed by atoms with Gasteiger partial charge in [0.25, 0.3) is 11.8 Å².